The van der Waals surface area contributed by atoms with Crippen molar-refractivity contribution in [3.63, 3.8) is 0 Å². The number of likely N-dealkylation sites (N-methyl/N-ethyl adjacent to an activating group) is 2. The normalized spacial score (nSPS) is 14.5. The first kappa shape index (κ1) is 14.7. The van der Waals surface area contributed by atoms with Crippen LogP contribution in [0.5, 0.6) is 0 Å². The average molecular weight is 253 g/mol. The minimum Gasteiger partial charge on any atom is -0.468 e. The second kappa shape index (κ2) is 7.18. The summed E-state index contributed by atoms with van der Waals surface area (Å²) in [5.74, 6) is 0.798. The Bertz CT molecular complexity index is 351. The molecule has 5 heteroatoms. The maximum atomic E-state index is 11.5. The second-order valence-electron chi connectivity index (χ2n) is 4.27. The molecule has 5 nitrogen and oxygen atoms in total. The van der Waals surface area contributed by atoms with Crippen molar-refractivity contribution in [1.29, 1.82) is 0 Å². The number of rotatable bonds is 7. The van der Waals surface area contributed by atoms with Gasteiger partial charge in [-0.1, -0.05) is 13.8 Å². The van der Waals surface area contributed by atoms with Gasteiger partial charge in [-0.25, -0.2) is 0 Å². The van der Waals surface area contributed by atoms with Crippen molar-refractivity contribution in [3.05, 3.63) is 24.2 Å². The molecule has 0 aromatic carbocycles. The van der Waals surface area contributed by atoms with E-state index in [1.807, 2.05) is 30.9 Å². The summed E-state index contributed by atoms with van der Waals surface area (Å²) in [6.45, 7) is 5.12. The quantitative estimate of drug-likeness (QED) is 0.764. The van der Waals surface area contributed by atoms with Crippen LogP contribution in [-0.2, 0) is 4.79 Å². The zero-order chi connectivity index (χ0) is 13.5. The number of nitrogens with zero attached hydrogens (tertiary/aromatic N) is 1. The summed E-state index contributed by atoms with van der Waals surface area (Å²) in [6.07, 6.45) is 2.47. The summed E-state index contributed by atoms with van der Waals surface area (Å²) in [6, 6.07) is 3.64. The van der Waals surface area contributed by atoms with Crippen molar-refractivity contribution in [2.75, 3.05) is 20.1 Å². The lowest BCUT2D eigenvalue weighted by molar-refractivity contribution is -0.122. The van der Waals surface area contributed by atoms with Crippen LogP contribution in [0.15, 0.2) is 22.8 Å². The molecule has 1 amide bonds. The van der Waals surface area contributed by atoms with E-state index in [0.717, 1.165) is 18.7 Å². The van der Waals surface area contributed by atoms with E-state index in [4.69, 9.17) is 10.2 Å². The summed E-state index contributed by atoms with van der Waals surface area (Å²) in [5, 5.41) is 2.63. The topological polar surface area (TPSA) is 71.5 Å². The zero-order valence-corrected chi connectivity index (χ0v) is 11.3. The predicted octanol–water partition coefficient (Wildman–Crippen LogP) is 1.13. The Kier molecular flexibility index (Phi) is 5.88. The van der Waals surface area contributed by atoms with Gasteiger partial charge >= 0.3 is 0 Å². The van der Waals surface area contributed by atoms with Gasteiger partial charge in [0.25, 0.3) is 0 Å². The summed E-state index contributed by atoms with van der Waals surface area (Å²) >= 11 is 0. The monoisotopic (exact) mass is 253 g/mol. The highest BCUT2D eigenvalue weighted by Crippen LogP contribution is 2.25. The number of carbonyl (C=O) groups is 1. The maximum Gasteiger partial charge on any atom is 0.233 e. The van der Waals surface area contributed by atoms with E-state index < -0.39 is 0 Å². The summed E-state index contributed by atoms with van der Waals surface area (Å²) in [7, 11) is 1.64. The van der Waals surface area contributed by atoms with E-state index in [0.29, 0.717) is 6.54 Å². The van der Waals surface area contributed by atoms with Crippen molar-refractivity contribution in [2.45, 2.75) is 32.4 Å². The second-order valence-corrected chi connectivity index (χ2v) is 4.27. The number of hydrogen-bond acceptors (Lipinski definition) is 4. The molecule has 0 fully saturated rings. The number of carbonyl (C=O) groups excluding carboxylic acids is 1. The largest absolute Gasteiger partial charge is 0.468 e. The Morgan fingerprint density at radius 2 is 2.28 bits per heavy atom. The lowest BCUT2D eigenvalue weighted by Gasteiger charge is -2.32. The van der Waals surface area contributed by atoms with Crippen LogP contribution in [0.1, 0.15) is 32.1 Å². The highest BCUT2D eigenvalue weighted by molar-refractivity contribution is 5.77. The third-order valence-corrected chi connectivity index (χ3v) is 3.14. The molecule has 18 heavy (non-hydrogen) atoms. The molecular weight excluding hydrogens is 230 g/mol. The molecule has 1 aromatic rings. The minimum atomic E-state index is -0.0627. The fraction of sp³-hybridized carbons (Fsp3) is 0.615. The lowest BCUT2D eigenvalue weighted by Crippen LogP contribution is -2.44. The van der Waals surface area contributed by atoms with E-state index in [2.05, 4.69) is 5.32 Å². The maximum absolute atomic E-state index is 11.5. The van der Waals surface area contributed by atoms with Gasteiger partial charge in [0.1, 0.15) is 5.76 Å². The van der Waals surface area contributed by atoms with E-state index >= 15 is 0 Å². The molecule has 1 heterocycles. The number of furan rings is 1. The average Bonchev–Trinajstić information content (AvgIpc) is 2.90. The van der Waals surface area contributed by atoms with Crippen LogP contribution < -0.4 is 11.1 Å². The lowest BCUT2D eigenvalue weighted by atomic mass is 10.0. The molecule has 0 bridgehead atoms. The van der Waals surface area contributed by atoms with Crippen LogP contribution in [0, 0.1) is 0 Å². The molecule has 0 aliphatic carbocycles. The molecule has 102 valence electrons. The summed E-state index contributed by atoms with van der Waals surface area (Å²) in [5.41, 5.74) is 6.17. The SMILES string of the molecule is CCC(N)C(c1ccco1)N(CC)CC(=O)NC. The van der Waals surface area contributed by atoms with Gasteiger partial charge in [0.05, 0.1) is 18.8 Å². The molecule has 1 aromatic heterocycles. The van der Waals surface area contributed by atoms with Gasteiger partial charge in [-0.05, 0) is 25.1 Å². The zero-order valence-electron chi connectivity index (χ0n) is 11.3. The Morgan fingerprint density at radius 1 is 1.56 bits per heavy atom. The Labute approximate surface area is 108 Å². The molecule has 0 aliphatic heterocycles. The smallest absolute Gasteiger partial charge is 0.233 e. The van der Waals surface area contributed by atoms with Gasteiger partial charge in [0.15, 0.2) is 0 Å². The van der Waals surface area contributed by atoms with Crippen LogP contribution in [0.4, 0.5) is 0 Å². The molecule has 2 atom stereocenters. The first-order valence-corrected chi connectivity index (χ1v) is 6.37. The fourth-order valence-corrected chi connectivity index (χ4v) is 2.01. The van der Waals surface area contributed by atoms with Gasteiger partial charge in [-0.3, -0.25) is 9.69 Å². The standard InChI is InChI=1S/C13H23N3O2/c1-4-10(14)13(11-7-6-8-18-11)16(5-2)9-12(17)15-3/h6-8,10,13H,4-5,9,14H2,1-3H3,(H,15,17). The van der Waals surface area contributed by atoms with Gasteiger partial charge < -0.3 is 15.5 Å². The molecule has 0 saturated heterocycles. The Balaban J connectivity index is 2.89. The van der Waals surface area contributed by atoms with Crippen LogP contribution in [0.2, 0.25) is 0 Å². The van der Waals surface area contributed by atoms with Crippen molar-refractivity contribution < 1.29 is 9.21 Å². The summed E-state index contributed by atoms with van der Waals surface area (Å²) in [4.78, 5) is 13.6. The van der Waals surface area contributed by atoms with Gasteiger partial charge in [-0.2, -0.15) is 0 Å². The van der Waals surface area contributed by atoms with E-state index in [1.165, 1.54) is 0 Å². The number of nitrogens with two attached hydrogens (primary N) is 1. The Morgan fingerprint density at radius 3 is 2.72 bits per heavy atom. The van der Waals surface area contributed by atoms with Crippen molar-refractivity contribution in [1.82, 2.24) is 10.2 Å². The van der Waals surface area contributed by atoms with Crippen LogP contribution in [0.3, 0.4) is 0 Å². The predicted molar refractivity (Wildman–Crippen MR) is 71.0 cm³/mol. The highest BCUT2D eigenvalue weighted by atomic mass is 16.3. The molecule has 1 rings (SSSR count). The summed E-state index contributed by atoms with van der Waals surface area (Å²) < 4.78 is 5.46. The number of amides is 1. The van der Waals surface area contributed by atoms with Crippen molar-refractivity contribution in [2.24, 2.45) is 5.73 Å². The minimum absolute atomic E-state index is 0.0169. The van der Waals surface area contributed by atoms with Crippen LogP contribution in [-0.4, -0.2) is 37.0 Å². The van der Waals surface area contributed by atoms with Crippen LogP contribution in [0.25, 0.3) is 0 Å². The van der Waals surface area contributed by atoms with Crippen molar-refractivity contribution >= 4 is 5.91 Å². The van der Waals surface area contributed by atoms with Crippen LogP contribution >= 0.6 is 0 Å². The van der Waals surface area contributed by atoms with E-state index in [1.54, 1.807) is 13.3 Å². The number of hydrogen-bond donors (Lipinski definition) is 2. The van der Waals surface area contributed by atoms with E-state index in [9.17, 15) is 4.79 Å². The molecule has 0 spiro atoms. The number of nitrogens with one attached hydrogen (secondary N) is 1. The first-order valence-electron chi connectivity index (χ1n) is 6.37. The molecule has 0 saturated carbocycles. The molecule has 0 radical (unpaired) electrons. The third kappa shape index (κ3) is 3.58. The fourth-order valence-electron chi connectivity index (χ4n) is 2.01. The third-order valence-electron chi connectivity index (χ3n) is 3.14. The first-order chi connectivity index (χ1) is 8.63. The Hall–Kier alpha value is -1.33. The van der Waals surface area contributed by atoms with Gasteiger partial charge in [0, 0.05) is 13.1 Å². The molecular formula is C13H23N3O2. The molecule has 2 unspecified atom stereocenters. The highest BCUT2D eigenvalue weighted by Gasteiger charge is 2.28. The van der Waals surface area contributed by atoms with Gasteiger partial charge in [-0.15, -0.1) is 0 Å². The van der Waals surface area contributed by atoms with Gasteiger partial charge in [0.2, 0.25) is 5.91 Å². The van der Waals surface area contributed by atoms with E-state index in [-0.39, 0.29) is 18.0 Å². The van der Waals surface area contributed by atoms with Crippen molar-refractivity contribution in [3.8, 4) is 0 Å². The molecule has 3 N–H and O–H groups in total. The molecule has 0 aliphatic rings.